The number of oxazole rings is 1. The number of nitrogens with zero attached hydrogens (tertiary/aromatic N) is 4. The van der Waals surface area contributed by atoms with Crippen molar-refractivity contribution in [1.82, 2.24) is 15.0 Å². The Balaban J connectivity index is 0.000000173. The van der Waals surface area contributed by atoms with Crippen molar-refractivity contribution >= 4 is 34.1 Å². The SMILES string of the molecule is O=C(Nc1c[nH]ccc1=O)c1cccc([N+](=O)[O-])c1.O=[N+]([O-])c1cccc(-c2nc3cnccc3o2)c1. The van der Waals surface area contributed by atoms with Crippen LogP contribution in [0.2, 0.25) is 0 Å². The van der Waals surface area contributed by atoms with Crippen LogP contribution in [-0.4, -0.2) is 30.7 Å². The minimum absolute atomic E-state index is 0.00730. The van der Waals surface area contributed by atoms with Gasteiger partial charge in [0.05, 0.1) is 16.0 Å². The minimum Gasteiger partial charge on any atom is -0.436 e. The highest BCUT2D eigenvalue weighted by atomic mass is 16.6. The lowest BCUT2D eigenvalue weighted by molar-refractivity contribution is -0.385. The second-order valence-corrected chi connectivity index (χ2v) is 7.35. The second kappa shape index (κ2) is 10.7. The molecule has 0 spiro atoms. The Bertz CT molecular complexity index is 1640. The van der Waals surface area contributed by atoms with Crippen LogP contribution in [0.15, 0.2) is 94.7 Å². The molecule has 2 N–H and O–H groups in total. The molecule has 0 aliphatic heterocycles. The second-order valence-electron chi connectivity index (χ2n) is 7.35. The van der Waals surface area contributed by atoms with E-state index in [9.17, 15) is 29.8 Å². The standard InChI is InChI=1S/C12H9N3O4.C12H7N3O3/c16-11-4-5-13-7-10(11)14-12(17)8-2-1-3-9(6-8)15(18)19;16-15(17)9-3-1-2-8(6-9)12-14-10-7-13-5-4-11(10)18-12/h1-7H,(H,13,16)(H,14,17);1-7H. The fourth-order valence-electron chi connectivity index (χ4n) is 3.13. The molecule has 0 unspecified atom stereocenters. The van der Waals surface area contributed by atoms with Crippen LogP contribution in [0.3, 0.4) is 0 Å². The average molecular weight is 500 g/mol. The number of anilines is 1. The first-order valence-electron chi connectivity index (χ1n) is 10.5. The third kappa shape index (κ3) is 5.86. The summed E-state index contributed by atoms with van der Waals surface area (Å²) in [5.74, 6) is -0.234. The molecule has 0 aliphatic carbocycles. The normalized spacial score (nSPS) is 10.3. The molecule has 5 aromatic rings. The predicted molar refractivity (Wildman–Crippen MR) is 132 cm³/mol. The molecule has 2 aromatic carbocycles. The van der Waals surface area contributed by atoms with Crippen molar-refractivity contribution in [2.24, 2.45) is 0 Å². The Kier molecular flexibility index (Phi) is 7.05. The minimum atomic E-state index is -0.591. The topological polar surface area (TPSA) is 187 Å². The van der Waals surface area contributed by atoms with E-state index in [0.717, 1.165) is 6.07 Å². The molecule has 0 radical (unpaired) electrons. The lowest BCUT2D eigenvalue weighted by Gasteiger charge is -2.03. The van der Waals surface area contributed by atoms with Gasteiger partial charge in [0, 0.05) is 66.1 Å². The van der Waals surface area contributed by atoms with Gasteiger partial charge in [-0.25, -0.2) is 4.98 Å². The first-order chi connectivity index (χ1) is 17.8. The number of carbonyl (C=O) groups is 1. The van der Waals surface area contributed by atoms with Crippen molar-refractivity contribution in [2.75, 3.05) is 5.32 Å². The van der Waals surface area contributed by atoms with Gasteiger partial charge in [-0.1, -0.05) is 12.1 Å². The van der Waals surface area contributed by atoms with Crippen molar-refractivity contribution < 1.29 is 19.1 Å². The Morgan fingerprint density at radius 2 is 1.70 bits per heavy atom. The molecule has 0 saturated heterocycles. The van der Waals surface area contributed by atoms with Crippen molar-refractivity contribution in [3.05, 3.63) is 121 Å². The number of aromatic amines is 1. The zero-order valence-corrected chi connectivity index (χ0v) is 18.7. The van der Waals surface area contributed by atoms with Crippen LogP contribution in [-0.2, 0) is 0 Å². The quantitative estimate of drug-likeness (QED) is 0.261. The molecule has 13 nitrogen and oxygen atoms in total. The molecule has 3 heterocycles. The van der Waals surface area contributed by atoms with Crippen LogP contribution in [0.1, 0.15) is 10.4 Å². The summed E-state index contributed by atoms with van der Waals surface area (Å²) in [5.41, 5.74) is 1.46. The highest BCUT2D eigenvalue weighted by Crippen LogP contribution is 2.26. The van der Waals surface area contributed by atoms with Crippen molar-refractivity contribution in [3.8, 4) is 11.5 Å². The van der Waals surface area contributed by atoms with Crippen LogP contribution in [0.25, 0.3) is 22.6 Å². The number of aromatic nitrogens is 3. The van der Waals surface area contributed by atoms with Gasteiger partial charge in [-0.3, -0.25) is 34.8 Å². The fourth-order valence-corrected chi connectivity index (χ4v) is 3.13. The highest BCUT2D eigenvalue weighted by Gasteiger charge is 2.13. The molecular weight excluding hydrogens is 484 g/mol. The van der Waals surface area contributed by atoms with E-state index in [1.54, 1.807) is 30.6 Å². The summed E-state index contributed by atoms with van der Waals surface area (Å²) in [6.07, 6.45) is 5.97. The lowest BCUT2D eigenvalue weighted by atomic mass is 10.2. The maximum atomic E-state index is 11.9. The maximum Gasteiger partial charge on any atom is 0.270 e. The first-order valence-corrected chi connectivity index (χ1v) is 10.5. The maximum absolute atomic E-state index is 11.9. The van der Waals surface area contributed by atoms with Gasteiger partial charge in [0.15, 0.2) is 5.58 Å². The molecule has 3 aromatic heterocycles. The number of hydrogen-bond donors (Lipinski definition) is 2. The van der Waals surface area contributed by atoms with Crippen LogP contribution >= 0.6 is 0 Å². The Labute approximate surface area is 206 Å². The van der Waals surface area contributed by atoms with Crippen LogP contribution in [0.4, 0.5) is 17.1 Å². The number of rotatable bonds is 5. The summed E-state index contributed by atoms with van der Waals surface area (Å²) in [7, 11) is 0. The van der Waals surface area contributed by atoms with E-state index >= 15 is 0 Å². The molecule has 0 bridgehead atoms. The Morgan fingerprint density at radius 3 is 2.41 bits per heavy atom. The zero-order chi connectivity index (χ0) is 26.4. The van der Waals surface area contributed by atoms with E-state index in [-0.39, 0.29) is 28.1 Å². The van der Waals surface area contributed by atoms with E-state index in [0.29, 0.717) is 22.6 Å². The number of fused-ring (bicyclic) bond motifs is 1. The third-order valence-corrected chi connectivity index (χ3v) is 4.89. The molecule has 0 saturated carbocycles. The van der Waals surface area contributed by atoms with Gasteiger partial charge in [-0.05, 0) is 12.1 Å². The zero-order valence-electron chi connectivity index (χ0n) is 18.7. The molecule has 1 amide bonds. The molecule has 184 valence electrons. The largest absolute Gasteiger partial charge is 0.436 e. The summed E-state index contributed by atoms with van der Waals surface area (Å²) in [4.78, 5) is 54.4. The van der Waals surface area contributed by atoms with Crippen molar-refractivity contribution in [3.63, 3.8) is 0 Å². The first kappa shape index (κ1) is 24.4. The molecule has 5 rings (SSSR count). The summed E-state index contributed by atoms with van der Waals surface area (Å²) >= 11 is 0. The third-order valence-electron chi connectivity index (χ3n) is 4.89. The van der Waals surface area contributed by atoms with Crippen molar-refractivity contribution in [2.45, 2.75) is 0 Å². The number of non-ortho nitro benzene ring substituents is 2. The molecule has 0 fully saturated rings. The van der Waals surface area contributed by atoms with Gasteiger partial charge >= 0.3 is 0 Å². The number of nitrogens with one attached hydrogen (secondary N) is 2. The van der Waals surface area contributed by atoms with E-state index in [4.69, 9.17) is 4.42 Å². The van der Waals surface area contributed by atoms with E-state index in [1.165, 1.54) is 48.8 Å². The van der Waals surface area contributed by atoms with Crippen LogP contribution in [0, 0.1) is 20.2 Å². The van der Waals surface area contributed by atoms with Crippen LogP contribution < -0.4 is 10.7 Å². The molecular formula is C24H16N6O7. The number of pyridine rings is 2. The number of amides is 1. The lowest BCUT2D eigenvalue weighted by Crippen LogP contribution is -2.18. The summed E-state index contributed by atoms with van der Waals surface area (Å²) in [5, 5.41) is 23.7. The Hall–Kier alpha value is -5.72. The van der Waals surface area contributed by atoms with Gasteiger partial charge in [-0.2, -0.15) is 0 Å². The highest BCUT2D eigenvalue weighted by molar-refractivity contribution is 6.04. The number of hydrogen-bond acceptors (Lipinski definition) is 9. The van der Waals surface area contributed by atoms with Gasteiger partial charge in [0.2, 0.25) is 11.3 Å². The smallest absolute Gasteiger partial charge is 0.270 e. The molecule has 0 aliphatic rings. The number of benzene rings is 2. The summed E-state index contributed by atoms with van der Waals surface area (Å²) < 4.78 is 5.52. The van der Waals surface area contributed by atoms with E-state index < -0.39 is 15.8 Å². The van der Waals surface area contributed by atoms with Gasteiger partial charge < -0.3 is 14.7 Å². The average Bonchev–Trinajstić information content (AvgIpc) is 3.35. The molecule has 13 heteroatoms. The number of nitro benzene ring substituents is 2. The van der Waals surface area contributed by atoms with Gasteiger partial charge in [0.1, 0.15) is 11.2 Å². The summed E-state index contributed by atoms with van der Waals surface area (Å²) in [6, 6.07) is 14.4. The van der Waals surface area contributed by atoms with Crippen molar-refractivity contribution in [1.29, 1.82) is 0 Å². The fraction of sp³-hybridized carbons (Fsp3) is 0. The van der Waals surface area contributed by atoms with E-state index in [1.807, 2.05) is 0 Å². The van der Waals surface area contributed by atoms with E-state index in [2.05, 4.69) is 20.3 Å². The van der Waals surface area contributed by atoms with Gasteiger partial charge in [-0.15, -0.1) is 0 Å². The van der Waals surface area contributed by atoms with Crippen LogP contribution in [0.5, 0.6) is 0 Å². The Morgan fingerprint density at radius 1 is 0.973 bits per heavy atom. The summed E-state index contributed by atoms with van der Waals surface area (Å²) in [6.45, 7) is 0. The number of H-pyrrole nitrogens is 1. The molecule has 37 heavy (non-hydrogen) atoms. The monoisotopic (exact) mass is 500 g/mol. The number of carbonyl (C=O) groups excluding carboxylic acids is 1. The molecule has 0 atom stereocenters. The number of nitro groups is 2. The van der Waals surface area contributed by atoms with Gasteiger partial charge in [0.25, 0.3) is 17.3 Å². The predicted octanol–water partition coefficient (Wildman–Crippen LogP) is 4.33.